The fraction of sp³-hybridized carbons (Fsp3) is 0.400. The summed E-state index contributed by atoms with van der Waals surface area (Å²) in [4.78, 5) is 4.80. The van der Waals surface area contributed by atoms with Crippen molar-refractivity contribution in [1.29, 1.82) is 0 Å². The van der Waals surface area contributed by atoms with E-state index in [-0.39, 0.29) is 30.4 Å². The van der Waals surface area contributed by atoms with E-state index in [1.807, 2.05) is 18.3 Å². The van der Waals surface area contributed by atoms with Gasteiger partial charge in [-0.2, -0.15) is 9.61 Å². The molecule has 29 heavy (non-hydrogen) atoms. The van der Waals surface area contributed by atoms with Crippen molar-refractivity contribution < 1.29 is 9.50 Å². The van der Waals surface area contributed by atoms with E-state index in [1.54, 1.807) is 10.6 Å². The lowest BCUT2D eigenvalue weighted by Gasteiger charge is -2.28. The molecule has 2 fully saturated rings. The molecule has 1 aliphatic carbocycles. The van der Waals surface area contributed by atoms with E-state index in [9.17, 15) is 9.50 Å². The molecule has 3 aromatic rings. The van der Waals surface area contributed by atoms with Crippen LogP contribution < -0.4 is 16.0 Å². The fourth-order valence-corrected chi connectivity index (χ4v) is 3.78. The Kier molecular flexibility index (Phi) is 5.58. The number of aromatic nitrogens is 3. The smallest absolute Gasteiger partial charge is 0.163 e. The minimum Gasteiger partial charge on any atom is -0.392 e. The summed E-state index contributed by atoms with van der Waals surface area (Å²) in [5.41, 5.74) is 2.61. The van der Waals surface area contributed by atoms with Gasteiger partial charge >= 0.3 is 0 Å². The quantitative estimate of drug-likeness (QED) is 0.509. The van der Waals surface area contributed by atoms with Crippen LogP contribution in [0.2, 0.25) is 0 Å². The van der Waals surface area contributed by atoms with Crippen LogP contribution in [0.25, 0.3) is 5.65 Å². The summed E-state index contributed by atoms with van der Waals surface area (Å²) in [7, 11) is 0. The molecule has 1 aromatic carbocycles. The first-order valence-corrected chi connectivity index (χ1v) is 9.72. The van der Waals surface area contributed by atoms with E-state index in [0.717, 1.165) is 36.4 Å². The Hall–Kier alpha value is -2.42. The molecule has 1 saturated heterocycles. The van der Waals surface area contributed by atoms with Crippen molar-refractivity contribution in [3.63, 3.8) is 0 Å². The van der Waals surface area contributed by atoms with Crippen molar-refractivity contribution in [1.82, 2.24) is 19.9 Å². The number of aliphatic hydroxyl groups excluding tert-OH is 1. The Labute approximate surface area is 174 Å². The Morgan fingerprint density at radius 1 is 1.21 bits per heavy atom. The third-order valence-electron chi connectivity index (χ3n) is 5.29. The zero-order valence-electron chi connectivity index (χ0n) is 15.8. The highest BCUT2D eigenvalue weighted by Gasteiger charge is 2.28. The Morgan fingerprint density at radius 3 is 2.83 bits per heavy atom. The van der Waals surface area contributed by atoms with Gasteiger partial charge < -0.3 is 21.1 Å². The van der Waals surface area contributed by atoms with E-state index in [2.05, 4.69) is 21.0 Å². The molecule has 0 radical (unpaired) electrons. The second kappa shape index (κ2) is 8.14. The summed E-state index contributed by atoms with van der Waals surface area (Å²) in [6, 6.07) is 8.32. The van der Waals surface area contributed by atoms with Crippen molar-refractivity contribution in [2.24, 2.45) is 0 Å². The van der Waals surface area contributed by atoms with Crippen LogP contribution in [0.15, 0.2) is 36.5 Å². The highest BCUT2D eigenvalue weighted by atomic mass is 35.5. The average Bonchev–Trinajstić information content (AvgIpc) is 3.41. The number of fused-ring (bicyclic) bond motifs is 1. The maximum atomic E-state index is 13.6. The van der Waals surface area contributed by atoms with Gasteiger partial charge in [-0.3, -0.25) is 0 Å². The van der Waals surface area contributed by atoms with E-state index >= 15 is 0 Å². The third-order valence-corrected chi connectivity index (χ3v) is 5.29. The molecule has 1 saturated carbocycles. The molecule has 2 aliphatic rings. The summed E-state index contributed by atoms with van der Waals surface area (Å²) in [6.45, 7) is 1.39. The van der Waals surface area contributed by atoms with Gasteiger partial charge in [-0.15, -0.1) is 12.4 Å². The molecule has 0 bridgehead atoms. The number of halogens is 2. The molecule has 5 rings (SSSR count). The average molecular weight is 419 g/mol. The first-order chi connectivity index (χ1) is 13.7. The second-order valence-electron chi connectivity index (χ2n) is 7.66. The minimum atomic E-state index is -0.364. The molecule has 9 heteroatoms. The molecular weight excluding hydrogens is 395 g/mol. The number of rotatable bonds is 5. The molecule has 7 nitrogen and oxygen atoms in total. The van der Waals surface area contributed by atoms with Gasteiger partial charge in [-0.1, -0.05) is 6.07 Å². The number of benzene rings is 1. The zero-order valence-corrected chi connectivity index (χ0v) is 16.6. The van der Waals surface area contributed by atoms with Gasteiger partial charge in [-0.05, 0) is 43.4 Å². The first-order valence-electron chi connectivity index (χ1n) is 9.72. The Balaban J connectivity index is 0.00000205. The molecule has 2 aromatic heterocycles. The monoisotopic (exact) mass is 418 g/mol. The van der Waals surface area contributed by atoms with Crippen LogP contribution >= 0.6 is 12.4 Å². The first kappa shape index (κ1) is 19.9. The number of hydrogen-bond acceptors (Lipinski definition) is 6. The highest BCUT2D eigenvalue weighted by molar-refractivity contribution is 5.85. The van der Waals surface area contributed by atoms with E-state index in [4.69, 9.17) is 4.98 Å². The van der Waals surface area contributed by atoms with E-state index < -0.39 is 0 Å². The number of hydrogen-bond donors (Lipinski definition) is 4. The standard InChI is InChI=1S/C20H23FN6O.ClH/c21-13-2-1-3-14(6-13)25-19-8-18(24-15-7-16(28)10-22-9-15)26-20-17(12-4-5-12)11-23-27(19)20;/h1-3,6,8,11-12,15-16,22,25,28H,4-5,7,9-10H2,(H,24,26);1H/t15-,16-;/m0./s1. The summed E-state index contributed by atoms with van der Waals surface area (Å²) in [5.74, 6) is 1.65. The maximum absolute atomic E-state index is 13.6. The summed E-state index contributed by atoms with van der Waals surface area (Å²) in [6.07, 6.45) is 4.50. The van der Waals surface area contributed by atoms with Crippen LogP contribution in [0.4, 0.5) is 21.7 Å². The van der Waals surface area contributed by atoms with Gasteiger partial charge in [0.15, 0.2) is 5.65 Å². The van der Waals surface area contributed by atoms with Gasteiger partial charge in [0.25, 0.3) is 0 Å². The third kappa shape index (κ3) is 4.29. The number of anilines is 3. The van der Waals surface area contributed by atoms with Gasteiger partial charge in [-0.25, -0.2) is 9.37 Å². The van der Waals surface area contributed by atoms with E-state index in [0.29, 0.717) is 30.4 Å². The molecular formula is C20H24ClFN6O. The summed E-state index contributed by atoms with van der Waals surface area (Å²) < 4.78 is 15.4. The number of piperidine rings is 1. The van der Waals surface area contributed by atoms with Crippen LogP contribution in [-0.2, 0) is 0 Å². The summed E-state index contributed by atoms with van der Waals surface area (Å²) in [5, 5.41) is 24.3. The number of aliphatic hydroxyl groups is 1. The van der Waals surface area contributed by atoms with Gasteiger partial charge in [0.1, 0.15) is 17.5 Å². The van der Waals surface area contributed by atoms with Gasteiger partial charge in [0, 0.05) is 36.4 Å². The minimum absolute atomic E-state index is 0. The largest absolute Gasteiger partial charge is 0.392 e. The summed E-state index contributed by atoms with van der Waals surface area (Å²) >= 11 is 0. The lowest BCUT2D eigenvalue weighted by atomic mass is 10.1. The molecule has 3 heterocycles. The predicted octanol–water partition coefficient (Wildman–Crippen LogP) is 3.05. The molecule has 2 atom stereocenters. The van der Waals surface area contributed by atoms with Gasteiger partial charge in [0.2, 0.25) is 0 Å². The van der Waals surface area contributed by atoms with Crippen molar-refractivity contribution in [3.05, 3.63) is 47.9 Å². The van der Waals surface area contributed by atoms with Gasteiger partial charge in [0.05, 0.1) is 12.3 Å². The molecule has 154 valence electrons. The molecule has 0 spiro atoms. The van der Waals surface area contributed by atoms with E-state index in [1.165, 1.54) is 12.1 Å². The van der Waals surface area contributed by atoms with Crippen LogP contribution in [0.3, 0.4) is 0 Å². The molecule has 4 N–H and O–H groups in total. The number of nitrogens with one attached hydrogen (secondary N) is 3. The van der Waals surface area contributed by atoms with Crippen LogP contribution in [0.5, 0.6) is 0 Å². The lowest BCUT2D eigenvalue weighted by Crippen LogP contribution is -2.45. The van der Waals surface area contributed by atoms with Crippen molar-refractivity contribution in [3.8, 4) is 0 Å². The number of β-amino-alcohol motifs (C(OH)–C–C–N with tert-alkyl or cyclic N) is 1. The maximum Gasteiger partial charge on any atom is 0.163 e. The van der Waals surface area contributed by atoms with Crippen LogP contribution in [0, 0.1) is 5.82 Å². The molecule has 0 unspecified atom stereocenters. The molecule has 0 amide bonds. The highest BCUT2D eigenvalue weighted by Crippen LogP contribution is 2.42. The van der Waals surface area contributed by atoms with Crippen molar-refractivity contribution in [2.45, 2.75) is 37.3 Å². The zero-order chi connectivity index (χ0) is 19.1. The Morgan fingerprint density at radius 2 is 2.07 bits per heavy atom. The topological polar surface area (TPSA) is 86.5 Å². The molecule has 1 aliphatic heterocycles. The lowest BCUT2D eigenvalue weighted by molar-refractivity contribution is 0.136. The second-order valence-corrected chi connectivity index (χ2v) is 7.66. The fourth-order valence-electron chi connectivity index (χ4n) is 3.78. The SMILES string of the molecule is Cl.O[C@@H]1CNC[C@@H](Nc2cc(Nc3cccc(F)c3)n3ncc(C4CC4)c3n2)C1. The number of nitrogens with zero attached hydrogens (tertiary/aromatic N) is 3. The Bertz CT molecular complexity index is 1010. The predicted molar refractivity (Wildman–Crippen MR) is 113 cm³/mol. The van der Waals surface area contributed by atoms with Crippen molar-refractivity contribution in [2.75, 3.05) is 23.7 Å². The van der Waals surface area contributed by atoms with Crippen LogP contribution in [0.1, 0.15) is 30.7 Å². The van der Waals surface area contributed by atoms with Crippen molar-refractivity contribution >= 4 is 35.4 Å². The normalized spacial score (nSPS) is 21.6. The van der Waals surface area contributed by atoms with Crippen LogP contribution in [-0.4, -0.2) is 44.9 Å².